The number of anilines is 1. The summed E-state index contributed by atoms with van der Waals surface area (Å²) in [7, 11) is 0. The summed E-state index contributed by atoms with van der Waals surface area (Å²) >= 11 is 3.38. The molecule has 0 fully saturated rings. The lowest BCUT2D eigenvalue weighted by atomic mass is 10.00. The Hall–Kier alpha value is -0.830. The van der Waals surface area contributed by atoms with Gasteiger partial charge in [0.1, 0.15) is 5.78 Å². The molecule has 1 aromatic carbocycles. The van der Waals surface area contributed by atoms with E-state index in [4.69, 9.17) is 5.73 Å². The topological polar surface area (TPSA) is 43.1 Å². The van der Waals surface area contributed by atoms with Gasteiger partial charge in [0.15, 0.2) is 0 Å². The zero-order valence-corrected chi connectivity index (χ0v) is 9.97. The van der Waals surface area contributed by atoms with E-state index in [9.17, 15) is 4.79 Å². The minimum absolute atomic E-state index is 0.115. The molecule has 2 N–H and O–H groups in total. The van der Waals surface area contributed by atoms with Gasteiger partial charge < -0.3 is 5.73 Å². The second-order valence-electron chi connectivity index (χ2n) is 3.29. The quantitative estimate of drug-likeness (QED) is 0.667. The van der Waals surface area contributed by atoms with Crippen LogP contribution in [0.25, 0.3) is 0 Å². The molecule has 0 radical (unpaired) electrons. The zero-order valence-electron chi connectivity index (χ0n) is 8.38. The SMILES string of the molecule is CCc1cc(N)ccc1C(Br)C(C)=O. The number of nitrogens with two attached hydrogens (primary N) is 1. The number of carbonyl (C=O) groups is 1. The number of benzene rings is 1. The Kier molecular flexibility index (Phi) is 3.69. The Morgan fingerprint density at radius 3 is 2.71 bits per heavy atom. The van der Waals surface area contributed by atoms with Gasteiger partial charge in [0.05, 0.1) is 4.83 Å². The van der Waals surface area contributed by atoms with Crippen molar-refractivity contribution in [1.82, 2.24) is 0 Å². The molecule has 0 aliphatic heterocycles. The van der Waals surface area contributed by atoms with E-state index < -0.39 is 0 Å². The van der Waals surface area contributed by atoms with Crippen LogP contribution in [0.2, 0.25) is 0 Å². The molecule has 76 valence electrons. The maximum atomic E-state index is 11.2. The van der Waals surface area contributed by atoms with E-state index >= 15 is 0 Å². The lowest BCUT2D eigenvalue weighted by Crippen LogP contribution is -2.05. The number of alkyl halides is 1. The second kappa shape index (κ2) is 4.60. The maximum absolute atomic E-state index is 11.2. The van der Waals surface area contributed by atoms with Crippen LogP contribution >= 0.6 is 15.9 Å². The smallest absolute Gasteiger partial charge is 0.147 e. The van der Waals surface area contributed by atoms with Crippen LogP contribution in [0.15, 0.2) is 18.2 Å². The molecular weight excluding hydrogens is 242 g/mol. The monoisotopic (exact) mass is 255 g/mol. The van der Waals surface area contributed by atoms with Gasteiger partial charge in [-0.25, -0.2) is 0 Å². The van der Waals surface area contributed by atoms with Gasteiger partial charge in [-0.3, -0.25) is 4.79 Å². The molecule has 1 rings (SSSR count). The molecule has 0 bridgehead atoms. The Bertz CT molecular complexity index is 349. The van der Waals surface area contributed by atoms with Gasteiger partial charge in [0.25, 0.3) is 0 Å². The predicted molar refractivity (Wildman–Crippen MR) is 62.6 cm³/mol. The fourth-order valence-corrected chi connectivity index (χ4v) is 1.84. The largest absolute Gasteiger partial charge is 0.399 e. The number of nitrogen functional groups attached to an aromatic ring is 1. The summed E-state index contributed by atoms with van der Waals surface area (Å²) in [5.74, 6) is 0.115. The van der Waals surface area contributed by atoms with Crippen LogP contribution in [0.4, 0.5) is 5.69 Å². The molecule has 0 saturated carbocycles. The fourth-order valence-electron chi connectivity index (χ4n) is 1.40. The number of carbonyl (C=O) groups excluding carboxylic acids is 1. The van der Waals surface area contributed by atoms with Crippen LogP contribution in [0, 0.1) is 0 Å². The van der Waals surface area contributed by atoms with Crippen LogP contribution in [0.1, 0.15) is 29.8 Å². The number of hydrogen-bond donors (Lipinski definition) is 1. The molecule has 0 aliphatic carbocycles. The molecule has 0 aliphatic rings. The van der Waals surface area contributed by atoms with Crippen molar-refractivity contribution in [1.29, 1.82) is 0 Å². The van der Waals surface area contributed by atoms with Crippen molar-refractivity contribution in [3.05, 3.63) is 29.3 Å². The highest BCUT2D eigenvalue weighted by molar-refractivity contribution is 9.09. The number of aryl methyl sites for hydroxylation is 1. The number of halogens is 1. The highest BCUT2D eigenvalue weighted by Gasteiger charge is 2.15. The third-order valence-corrected chi connectivity index (χ3v) is 3.32. The Labute approximate surface area is 92.6 Å². The van der Waals surface area contributed by atoms with Crippen LogP contribution in [0.3, 0.4) is 0 Å². The summed E-state index contributed by atoms with van der Waals surface area (Å²) in [6.07, 6.45) is 0.885. The van der Waals surface area contributed by atoms with E-state index in [0.717, 1.165) is 23.2 Å². The average Bonchev–Trinajstić information content (AvgIpc) is 2.16. The van der Waals surface area contributed by atoms with E-state index in [1.807, 2.05) is 18.2 Å². The summed E-state index contributed by atoms with van der Waals surface area (Å²) in [6, 6.07) is 5.66. The van der Waals surface area contributed by atoms with Crippen LogP contribution in [-0.4, -0.2) is 5.78 Å². The molecule has 1 aromatic rings. The molecule has 3 heteroatoms. The van der Waals surface area contributed by atoms with E-state index in [2.05, 4.69) is 22.9 Å². The lowest BCUT2D eigenvalue weighted by Gasteiger charge is -2.12. The molecule has 0 heterocycles. The van der Waals surface area contributed by atoms with Gasteiger partial charge in [-0.1, -0.05) is 28.9 Å². The first-order valence-corrected chi connectivity index (χ1v) is 5.50. The van der Waals surface area contributed by atoms with Crippen molar-refractivity contribution in [2.45, 2.75) is 25.1 Å². The van der Waals surface area contributed by atoms with E-state index in [1.165, 1.54) is 0 Å². The third kappa shape index (κ3) is 2.35. The molecule has 1 unspecified atom stereocenters. The fraction of sp³-hybridized carbons (Fsp3) is 0.364. The second-order valence-corrected chi connectivity index (χ2v) is 4.20. The minimum Gasteiger partial charge on any atom is -0.399 e. The van der Waals surface area contributed by atoms with Crippen molar-refractivity contribution >= 4 is 27.4 Å². The molecule has 0 saturated heterocycles. The summed E-state index contributed by atoms with van der Waals surface area (Å²) in [4.78, 5) is 11.0. The van der Waals surface area contributed by atoms with Gasteiger partial charge in [-0.05, 0) is 36.6 Å². The van der Waals surface area contributed by atoms with Gasteiger partial charge >= 0.3 is 0 Å². The lowest BCUT2D eigenvalue weighted by molar-refractivity contribution is -0.116. The summed E-state index contributed by atoms with van der Waals surface area (Å²) in [5, 5.41) is 0. The summed E-state index contributed by atoms with van der Waals surface area (Å²) in [5.41, 5.74) is 8.57. The van der Waals surface area contributed by atoms with Crippen molar-refractivity contribution < 1.29 is 4.79 Å². The zero-order chi connectivity index (χ0) is 10.7. The Morgan fingerprint density at radius 1 is 1.57 bits per heavy atom. The van der Waals surface area contributed by atoms with Crippen LogP contribution in [0.5, 0.6) is 0 Å². The molecule has 14 heavy (non-hydrogen) atoms. The number of Topliss-reactive ketones (excluding diaryl/α,β-unsaturated/α-hetero) is 1. The average molecular weight is 256 g/mol. The van der Waals surface area contributed by atoms with Crippen LogP contribution in [-0.2, 0) is 11.2 Å². The molecule has 0 aromatic heterocycles. The van der Waals surface area contributed by atoms with Crippen molar-refractivity contribution in [3.8, 4) is 0 Å². The molecule has 0 amide bonds. The van der Waals surface area contributed by atoms with Gasteiger partial charge in [-0.2, -0.15) is 0 Å². The first-order chi connectivity index (χ1) is 6.56. The number of ketones is 1. The van der Waals surface area contributed by atoms with Gasteiger partial charge in [0.2, 0.25) is 0 Å². The number of hydrogen-bond acceptors (Lipinski definition) is 2. The summed E-state index contributed by atoms with van der Waals surface area (Å²) < 4.78 is 0. The number of rotatable bonds is 3. The summed E-state index contributed by atoms with van der Waals surface area (Å²) in [6.45, 7) is 3.63. The molecule has 0 spiro atoms. The van der Waals surface area contributed by atoms with Crippen LogP contribution < -0.4 is 5.73 Å². The van der Waals surface area contributed by atoms with E-state index in [-0.39, 0.29) is 10.6 Å². The third-order valence-electron chi connectivity index (χ3n) is 2.18. The first-order valence-electron chi connectivity index (χ1n) is 4.59. The standard InChI is InChI=1S/C11H14BrNO/c1-3-8-6-9(13)4-5-10(8)11(12)7(2)14/h4-6,11H,3,13H2,1-2H3. The molecular formula is C11H14BrNO. The first kappa shape index (κ1) is 11.2. The van der Waals surface area contributed by atoms with Crippen molar-refractivity contribution in [2.75, 3.05) is 5.73 Å². The highest BCUT2D eigenvalue weighted by Crippen LogP contribution is 2.28. The van der Waals surface area contributed by atoms with Gasteiger partial charge in [-0.15, -0.1) is 0 Å². The minimum atomic E-state index is -0.210. The normalized spacial score (nSPS) is 12.5. The predicted octanol–water partition coefficient (Wildman–Crippen LogP) is 2.86. The molecule has 2 nitrogen and oxygen atoms in total. The maximum Gasteiger partial charge on any atom is 0.147 e. The Morgan fingerprint density at radius 2 is 2.21 bits per heavy atom. The van der Waals surface area contributed by atoms with E-state index in [1.54, 1.807) is 6.92 Å². The van der Waals surface area contributed by atoms with E-state index in [0.29, 0.717) is 0 Å². The molecule has 1 atom stereocenters. The van der Waals surface area contributed by atoms with Crippen molar-refractivity contribution in [3.63, 3.8) is 0 Å². The van der Waals surface area contributed by atoms with Crippen molar-refractivity contribution in [2.24, 2.45) is 0 Å². The van der Waals surface area contributed by atoms with Gasteiger partial charge in [0, 0.05) is 5.69 Å². The highest BCUT2D eigenvalue weighted by atomic mass is 79.9. The Balaban J connectivity index is 3.13.